The molecule has 100 valence electrons. The van der Waals surface area contributed by atoms with Crippen LogP contribution in [0.2, 0.25) is 5.02 Å². The first kappa shape index (κ1) is 13.5. The molecule has 0 saturated carbocycles. The van der Waals surface area contributed by atoms with Crippen LogP contribution in [0.15, 0.2) is 18.2 Å². The largest absolute Gasteiger partial charge is 0.308 e. The molecule has 0 radical (unpaired) electrons. The van der Waals surface area contributed by atoms with Gasteiger partial charge in [-0.1, -0.05) is 25.4 Å². The Balaban J connectivity index is 2.78. The van der Waals surface area contributed by atoms with Gasteiger partial charge >= 0.3 is 0 Å². The number of anilines is 1. The molecular weight excluding hydrogens is 268 g/mol. The van der Waals surface area contributed by atoms with E-state index in [9.17, 15) is 10.1 Å². The van der Waals surface area contributed by atoms with Crippen LogP contribution < -0.4 is 11.3 Å². The Labute approximate surface area is 114 Å². The average molecular weight is 281 g/mol. The highest BCUT2D eigenvalue weighted by atomic mass is 35.5. The standard InChI is InChI=1S/C12H13ClN4O2/c1-6(2)9-4-7-3-8(17(18)19)5-10(13)11(7)15-12(9)16-14/h3-6H,14H2,1-2H3,(H,15,16). The van der Waals surface area contributed by atoms with Gasteiger partial charge in [0.25, 0.3) is 5.69 Å². The summed E-state index contributed by atoms with van der Waals surface area (Å²) in [4.78, 5) is 14.7. The van der Waals surface area contributed by atoms with Crippen LogP contribution in [0.5, 0.6) is 0 Å². The molecule has 19 heavy (non-hydrogen) atoms. The number of halogens is 1. The summed E-state index contributed by atoms with van der Waals surface area (Å²) in [5.74, 6) is 6.15. The van der Waals surface area contributed by atoms with Crippen molar-refractivity contribution in [3.8, 4) is 0 Å². The number of pyridine rings is 1. The number of aromatic nitrogens is 1. The highest BCUT2D eigenvalue weighted by molar-refractivity contribution is 6.35. The van der Waals surface area contributed by atoms with Gasteiger partial charge in [-0.25, -0.2) is 10.8 Å². The number of hydrogen-bond acceptors (Lipinski definition) is 5. The van der Waals surface area contributed by atoms with Crippen LogP contribution in [0.25, 0.3) is 10.9 Å². The van der Waals surface area contributed by atoms with Gasteiger partial charge in [-0.2, -0.15) is 0 Å². The molecule has 0 unspecified atom stereocenters. The zero-order valence-electron chi connectivity index (χ0n) is 10.5. The minimum Gasteiger partial charge on any atom is -0.308 e. The number of nitrogen functional groups attached to an aromatic ring is 1. The van der Waals surface area contributed by atoms with E-state index in [0.29, 0.717) is 16.7 Å². The maximum atomic E-state index is 10.8. The number of benzene rings is 1. The molecule has 0 aliphatic rings. The van der Waals surface area contributed by atoms with E-state index in [4.69, 9.17) is 17.4 Å². The Bertz CT molecular complexity index is 658. The summed E-state index contributed by atoms with van der Waals surface area (Å²) < 4.78 is 0. The molecule has 2 rings (SSSR count). The lowest BCUT2D eigenvalue weighted by atomic mass is 10.0. The summed E-state index contributed by atoms with van der Waals surface area (Å²) in [5, 5.41) is 11.7. The fourth-order valence-electron chi connectivity index (χ4n) is 1.91. The number of nitrogens with one attached hydrogen (secondary N) is 1. The van der Waals surface area contributed by atoms with Crippen molar-refractivity contribution >= 4 is 34.0 Å². The maximum absolute atomic E-state index is 10.8. The van der Waals surface area contributed by atoms with E-state index in [2.05, 4.69) is 10.4 Å². The first-order chi connectivity index (χ1) is 8.93. The lowest BCUT2D eigenvalue weighted by Crippen LogP contribution is -2.12. The summed E-state index contributed by atoms with van der Waals surface area (Å²) in [6, 6.07) is 4.56. The predicted octanol–water partition coefficient (Wildman–Crippen LogP) is 3.21. The Morgan fingerprint density at radius 3 is 2.63 bits per heavy atom. The zero-order chi connectivity index (χ0) is 14.2. The van der Waals surface area contributed by atoms with E-state index in [1.54, 1.807) is 0 Å². The first-order valence-corrected chi connectivity index (χ1v) is 6.07. The summed E-state index contributed by atoms with van der Waals surface area (Å²) in [7, 11) is 0. The van der Waals surface area contributed by atoms with E-state index in [0.717, 1.165) is 5.56 Å². The van der Waals surface area contributed by atoms with Crippen molar-refractivity contribution in [2.24, 2.45) is 5.84 Å². The van der Waals surface area contributed by atoms with Crippen molar-refractivity contribution in [2.45, 2.75) is 19.8 Å². The Morgan fingerprint density at radius 1 is 1.42 bits per heavy atom. The van der Waals surface area contributed by atoms with Crippen LogP contribution >= 0.6 is 11.6 Å². The summed E-state index contributed by atoms with van der Waals surface area (Å²) in [5.41, 5.74) is 3.85. The van der Waals surface area contributed by atoms with Gasteiger partial charge in [-0.15, -0.1) is 0 Å². The van der Waals surface area contributed by atoms with Gasteiger partial charge in [0.15, 0.2) is 0 Å². The van der Waals surface area contributed by atoms with E-state index in [-0.39, 0.29) is 16.6 Å². The Kier molecular flexibility index (Phi) is 3.55. The molecule has 1 aromatic heterocycles. The van der Waals surface area contributed by atoms with E-state index in [1.807, 2.05) is 19.9 Å². The van der Waals surface area contributed by atoms with Crippen molar-refractivity contribution in [2.75, 3.05) is 5.43 Å². The monoisotopic (exact) mass is 280 g/mol. The molecule has 0 aliphatic heterocycles. The van der Waals surface area contributed by atoms with Crippen LogP contribution in [-0.2, 0) is 0 Å². The molecule has 0 atom stereocenters. The van der Waals surface area contributed by atoms with E-state index < -0.39 is 4.92 Å². The van der Waals surface area contributed by atoms with Crippen molar-refractivity contribution < 1.29 is 4.92 Å². The third-order valence-electron chi connectivity index (χ3n) is 2.86. The van der Waals surface area contributed by atoms with Crippen LogP contribution in [0.3, 0.4) is 0 Å². The van der Waals surface area contributed by atoms with Gasteiger partial charge in [0.05, 0.1) is 15.5 Å². The smallest absolute Gasteiger partial charge is 0.271 e. The quantitative estimate of drug-likeness (QED) is 0.511. The number of hydrazine groups is 1. The van der Waals surface area contributed by atoms with Gasteiger partial charge in [-0.3, -0.25) is 10.1 Å². The molecule has 1 aromatic carbocycles. The fourth-order valence-corrected chi connectivity index (χ4v) is 2.17. The normalized spacial score (nSPS) is 11.0. The number of non-ortho nitro benzene ring substituents is 1. The number of hydrogen-bond donors (Lipinski definition) is 2. The SMILES string of the molecule is CC(C)c1cc2cc([N+](=O)[O-])cc(Cl)c2nc1NN. The minimum absolute atomic E-state index is 0.0533. The number of nitrogens with two attached hydrogens (primary N) is 1. The zero-order valence-corrected chi connectivity index (χ0v) is 11.2. The summed E-state index contributed by atoms with van der Waals surface area (Å²) in [6.07, 6.45) is 0. The Hall–Kier alpha value is -1.92. The third-order valence-corrected chi connectivity index (χ3v) is 3.14. The minimum atomic E-state index is -0.477. The number of nitro benzene ring substituents is 1. The number of fused-ring (bicyclic) bond motifs is 1. The molecule has 6 nitrogen and oxygen atoms in total. The van der Waals surface area contributed by atoms with Crippen molar-refractivity contribution in [1.82, 2.24) is 4.98 Å². The van der Waals surface area contributed by atoms with Crippen molar-refractivity contribution in [3.05, 3.63) is 38.9 Å². The lowest BCUT2D eigenvalue weighted by molar-refractivity contribution is -0.384. The highest BCUT2D eigenvalue weighted by Gasteiger charge is 2.15. The topological polar surface area (TPSA) is 94.1 Å². The second-order valence-corrected chi connectivity index (χ2v) is 4.89. The van der Waals surface area contributed by atoms with Gasteiger partial charge < -0.3 is 5.43 Å². The molecule has 0 bridgehead atoms. The molecular formula is C12H13ClN4O2. The molecule has 7 heteroatoms. The van der Waals surface area contributed by atoms with E-state index in [1.165, 1.54) is 12.1 Å². The molecule has 0 spiro atoms. The number of rotatable bonds is 3. The van der Waals surface area contributed by atoms with Crippen LogP contribution in [0, 0.1) is 10.1 Å². The Morgan fingerprint density at radius 2 is 2.11 bits per heavy atom. The van der Waals surface area contributed by atoms with Gasteiger partial charge in [0.1, 0.15) is 5.82 Å². The molecule has 0 saturated heterocycles. The summed E-state index contributed by atoms with van der Waals surface area (Å²) >= 11 is 6.03. The first-order valence-electron chi connectivity index (χ1n) is 5.69. The van der Waals surface area contributed by atoms with Gasteiger partial charge in [-0.05, 0) is 17.5 Å². The molecule has 3 N–H and O–H groups in total. The highest BCUT2D eigenvalue weighted by Crippen LogP contribution is 2.32. The number of nitro groups is 1. The van der Waals surface area contributed by atoms with Crippen LogP contribution in [0.4, 0.5) is 11.5 Å². The third kappa shape index (κ3) is 2.45. The van der Waals surface area contributed by atoms with Crippen LogP contribution in [0.1, 0.15) is 25.3 Å². The average Bonchev–Trinajstić information content (AvgIpc) is 2.36. The second kappa shape index (κ2) is 4.99. The fraction of sp³-hybridized carbons (Fsp3) is 0.250. The predicted molar refractivity (Wildman–Crippen MR) is 75.3 cm³/mol. The molecule has 1 heterocycles. The molecule has 0 fully saturated rings. The maximum Gasteiger partial charge on any atom is 0.271 e. The van der Waals surface area contributed by atoms with Crippen LogP contribution in [-0.4, -0.2) is 9.91 Å². The van der Waals surface area contributed by atoms with Crippen molar-refractivity contribution in [1.29, 1.82) is 0 Å². The molecule has 0 amide bonds. The molecule has 2 aromatic rings. The van der Waals surface area contributed by atoms with Crippen molar-refractivity contribution in [3.63, 3.8) is 0 Å². The van der Waals surface area contributed by atoms with E-state index >= 15 is 0 Å². The lowest BCUT2D eigenvalue weighted by Gasteiger charge is -2.13. The number of nitrogens with zero attached hydrogens (tertiary/aromatic N) is 2. The van der Waals surface area contributed by atoms with Gasteiger partial charge in [0.2, 0.25) is 0 Å². The summed E-state index contributed by atoms with van der Waals surface area (Å²) in [6.45, 7) is 3.98. The second-order valence-electron chi connectivity index (χ2n) is 4.48. The van der Waals surface area contributed by atoms with Gasteiger partial charge in [0, 0.05) is 17.5 Å². The molecule has 0 aliphatic carbocycles.